The molecule has 1 fully saturated rings. The van der Waals surface area contributed by atoms with Crippen LogP contribution in [0.25, 0.3) is 0 Å². The molecule has 1 aromatic rings. The van der Waals surface area contributed by atoms with E-state index in [1.54, 1.807) is 30.1 Å². The first-order valence-electron chi connectivity index (χ1n) is 7.32. The zero-order chi connectivity index (χ0) is 15.8. The van der Waals surface area contributed by atoms with Crippen molar-refractivity contribution in [1.82, 2.24) is 15.2 Å². The van der Waals surface area contributed by atoms with Crippen molar-refractivity contribution in [2.24, 2.45) is 0 Å². The van der Waals surface area contributed by atoms with Crippen LogP contribution in [0.15, 0.2) is 5.38 Å². The number of aromatic nitrogens is 1. The monoisotopic (exact) mass is 309 g/mol. The van der Waals surface area contributed by atoms with Crippen LogP contribution in [0.2, 0.25) is 0 Å². The van der Waals surface area contributed by atoms with Gasteiger partial charge in [-0.05, 0) is 33.6 Å². The van der Waals surface area contributed by atoms with Gasteiger partial charge in [-0.2, -0.15) is 0 Å². The van der Waals surface area contributed by atoms with Gasteiger partial charge in [-0.25, -0.2) is 4.98 Å². The molecule has 0 aromatic carbocycles. The third kappa shape index (κ3) is 2.57. The molecule has 1 aliphatic rings. The molecular formula is C15H23N3O2S. The van der Waals surface area contributed by atoms with Crippen molar-refractivity contribution in [3.8, 4) is 0 Å². The number of nitrogens with one attached hydrogen (secondary N) is 1. The van der Waals surface area contributed by atoms with Crippen LogP contribution in [0.4, 0.5) is 0 Å². The van der Waals surface area contributed by atoms with Crippen LogP contribution in [-0.2, 0) is 16.1 Å². The lowest BCUT2D eigenvalue weighted by Gasteiger charge is -2.49. The highest BCUT2D eigenvalue weighted by molar-refractivity contribution is 7.09. The second-order valence-corrected chi connectivity index (χ2v) is 7.11. The van der Waals surface area contributed by atoms with E-state index in [-0.39, 0.29) is 11.8 Å². The highest BCUT2D eigenvalue weighted by Gasteiger charge is 2.52. The number of carbonyl (C=O) groups excluding carboxylic acids is 2. The second kappa shape index (κ2) is 5.40. The smallest absolute Gasteiger partial charge is 0.249 e. The van der Waals surface area contributed by atoms with E-state index in [0.717, 1.165) is 10.7 Å². The fraction of sp³-hybridized carbons (Fsp3) is 0.667. The molecule has 1 aliphatic heterocycles. The van der Waals surface area contributed by atoms with Crippen LogP contribution >= 0.6 is 11.3 Å². The van der Waals surface area contributed by atoms with E-state index in [1.807, 2.05) is 26.2 Å². The van der Waals surface area contributed by atoms with Crippen LogP contribution in [0.1, 0.15) is 51.2 Å². The summed E-state index contributed by atoms with van der Waals surface area (Å²) in [5.74, 6) is -0.111. The summed E-state index contributed by atoms with van der Waals surface area (Å²) in [5.41, 5.74) is -0.796. The van der Waals surface area contributed by atoms with Gasteiger partial charge in [-0.3, -0.25) is 9.59 Å². The van der Waals surface area contributed by atoms with Crippen molar-refractivity contribution in [2.75, 3.05) is 0 Å². The number of aryl methyl sites for hydroxylation is 1. The van der Waals surface area contributed by atoms with Gasteiger partial charge in [0.2, 0.25) is 11.8 Å². The molecule has 0 saturated carbocycles. The van der Waals surface area contributed by atoms with Crippen LogP contribution < -0.4 is 5.32 Å². The Morgan fingerprint density at radius 1 is 1.29 bits per heavy atom. The zero-order valence-electron chi connectivity index (χ0n) is 13.3. The molecule has 5 nitrogen and oxygen atoms in total. The summed E-state index contributed by atoms with van der Waals surface area (Å²) in [5, 5.41) is 5.86. The minimum absolute atomic E-state index is 0.0113. The molecule has 2 rings (SSSR count). The van der Waals surface area contributed by atoms with E-state index in [4.69, 9.17) is 0 Å². The van der Waals surface area contributed by atoms with Crippen LogP contribution in [0.5, 0.6) is 0 Å². The summed E-state index contributed by atoms with van der Waals surface area (Å²) >= 11 is 1.56. The number of nitrogens with zero attached hydrogens (tertiary/aromatic N) is 2. The molecule has 2 heterocycles. The maximum Gasteiger partial charge on any atom is 0.249 e. The fourth-order valence-corrected chi connectivity index (χ4v) is 3.30. The van der Waals surface area contributed by atoms with E-state index < -0.39 is 11.1 Å². The second-order valence-electron chi connectivity index (χ2n) is 6.05. The van der Waals surface area contributed by atoms with Crippen molar-refractivity contribution < 1.29 is 9.59 Å². The van der Waals surface area contributed by atoms with Gasteiger partial charge < -0.3 is 10.2 Å². The van der Waals surface area contributed by atoms with Gasteiger partial charge in [0.1, 0.15) is 11.1 Å². The zero-order valence-corrected chi connectivity index (χ0v) is 14.1. The van der Waals surface area contributed by atoms with Crippen LogP contribution in [-0.4, -0.2) is 32.8 Å². The molecule has 0 aliphatic carbocycles. The van der Waals surface area contributed by atoms with Crippen molar-refractivity contribution in [2.45, 2.75) is 65.1 Å². The van der Waals surface area contributed by atoms with Gasteiger partial charge >= 0.3 is 0 Å². The lowest BCUT2D eigenvalue weighted by molar-refractivity contribution is -0.162. The minimum atomic E-state index is -0.859. The highest BCUT2D eigenvalue weighted by Crippen LogP contribution is 2.31. The predicted octanol–water partition coefficient (Wildman–Crippen LogP) is 2.25. The molecule has 21 heavy (non-hydrogen) atoms. The lowest BCUT2D eigenvalue weighted by atomic mass is 9.83. The van der Waals surface area contributed by atoms with E-state index in [1.165, 1.54) is 0 Å². The molecule has 0 bridgehead atoms. The van der Waals surface area contributed by atoms with Crippen molar-refractivity contribution in [1.29, 1.82) is 0 Å². The van der Waals surface area contributed by atoms with Crippen molar-refractivity contribution in [3.05, 3.63) is 16.1 Å². The number of carbonyl (C=O) groups is 2. The first-order valence-corrected chi connectivity index (χ1v) is 8.20. The van der Waals surface area contributed by atoms with E-state index in [9.17, 15) is 9.59 Å². The number of hydrogen-bond donors (Lipinski definition) is 1. The minimum Gasteiger partial charge on any atom is -0.340 e. The first-order chi connectivity index (χ1) is 9.76. The Kier molecular flexibility index (Phi) is 4.10. The maximum atomic E-state index is 13.0. The number of hydrogen-bond acceptors (Lipinski definition) is 4. The summed E-state index contributed by atoms with van der Waals surface area (Å²) in [6.07, 6.45) is 1.19. The molecule has 0 radical (unpaired) electrons. The maximum absolute atomic E-state index is 13.0. The molecule has 0 atom stereocenters. The van der Waals surface area contributed by atoms with Gasteiger partial charge in [0, 0.05) is 5.38 Å². The SMILES string of the molecule is CCC1(CC)NC(=O)C(C)(C)N(Cc2csc(C)n2)C1=O. The average Bonchev–Trinajstić information content (AvgIpc) is 2.85. The molecule has 116 valence electrons. The third-order valence-electron chi connectivity index (χ3n) is 4.43. The molecule has 1 N–H and O–H groups in total. The summed E-state index contributed by atoms with van der Waals surface area (Å²) in [6, 6.07) is 0. The molecule has 0 unspecified atom stereocenters. The third-order valence-corrected chi connectivity index (χ3v) is 5.25. The number of thiazole rings is 1. The number of rotatable bonds is 4. The molecule has 1 saturated heterocycles. The van der Waals surface area contributed by atoms with Gasteiger partial charge in [0.25, 0.3) is 0 Å². The molecule has 1 aromatic heterocycles. The summed E-state index contributed by atoms with van der Waals surface area (Å²) in [6.45, 7) is 9.76. The van der Waals surface area contributed by atoms with E-state index >= 15 is 0 Å². The molecular weight excluding hydrogens is 286 g/mol. The quantitative estimate of drug-likeness (QED) is 0.928. The standard InChI is InChI=1S/C15H23N3O2S/c1-6-15(7-2)13(20)18(14(4,5)12(19)17-15)8-11-9-21-10(3)16-11/h9H,6-8H2,1-5H3,(H,17,19). The summed E-state index contributed by atoms with van der Waals surface area (Å²) in [7, 11) is 0. The van der Waals surface area contributed by atoms with E-state index in [2.05, 4.69) is 10.3 Å². The Hall–Kier alpha value is -1.43. The Balaban J connectivity index is 2.38. The predicted molar refractivity (Wildman–Crippen MR) is 82.9 cm³/mol. The van der Waals surface area contributed by atoms with Crippen LogP contribution in [0, 0.1) is 6.92 Å². The Labute approximate surface area is 129 Å². The largest absolute Gasteiger partial charge is 0.340 e. The Morgan fingerprint density at radius 2 is 1.90 bits per heavy atom. The van der Waals surface area contributed by atoms with Crippen molar-refractivity contribution >= 4 is 23.2 Å². The van der Waals surface area contributed by atoms with E-state index in [0.29, 0.717) is 19.4 Å². The Bertz CT molecular complexity index is 561. The average molecular weight is 309 g/mol. The van der Waals surface area contributed by atoms with Crippen LogP contribution in [0.3, 0.4) is 0 Å². The van der Waals surface area contributed by atoms with Gasteiger partial charge in [0.15, 0.2) is 0 Å². The fourth-order valence-electron chi connectivity index (χ4n) is 2.70. The normalized spacial score (nSPS) is 20.5. The lowest BCUT2D eigenvalue weighted by Crippen LogP contribution is -2.73. The van der Waals surface area contributed by atoms with Gasteiger partial charge in [0.05, 0.1) is 17.2 Å². The van der Waals surface area contributed by atoms with Crippen molar-refractivity contribution in [3.63, 3.8) is 0 Å². The number of amides is 2. The van der Waals surface area contributed by atoms with Gasteiger partial charge in [-0.1, -0.05) is 13.8 Å². The summed E-state index contributed by atoms with van der Waals surface area (Å²) < 4.78 is 0. The Morgan fingerprint density at radius 3 is 2.38 bits per heavy atom. The first kappa shape index (κ1) is 15.9. The molecule has 0 spiro atoms. The summed E-state index contributed by atoms with van der Waals surface area (Å²) in [4.78, 5) is 31.5. The topological polar surface area (TPSA) is 62.3 Å². The number of piperazine rings is 1. The highest BCUT2D eigenvalue weighted by atomic mass is 32.1. The molecule has 6 heteroatoms. The van der Waals surface area contributed by atoms with Gasteiger partial charge in [-0.15, -0.1) is 11.3 Å². The molecule has 2 amide bonds.